The van der Waals surface area contributed by atoms with Gasteiger partial charge in [-0.05, 0) is 32.8 Å². The van der Waals surface area contributed by atoms with Gasteiger partial charge < -0.3 is 24.6 Å². The van der Waals surface area contributed by atoms with E-state index in [0.29, 0.717) is 0 Å². The number of ether oxygens (including phenoxy) is 3. The molecule has 160 valence electrons. The van der Waals surface area contributed by atoms with Gasteiger partial charge in [-0.25, -0.2) is 19.4 Å². The third-order valence-electron chi connectivity index (χ3n) is 3.71. The molecule has 0 atom stereocenters. The molecule has 0 unspecified atom stereocenters. The molecule has 1 heterocycles. The lowest BCUT2D eigenvalue weighted by molar-refractivity contribution is -0.136. The molecular formula is C19H26N2O8. The summed E-state index contributed by atoms with van der Waals surface area (Å²) in [6, 6.07) is 0. The first-order valence-electron chi connectivity index (χ1n) is 9.35. The average Bonchev–Trinajstić information content (AvgIpc) is 2.66. The quantitative estimate of drug-likeness (QED) is 0.411. The fraction of sp³-hybridized carbons (Fsp3) is 0.526. The fourth-order valence-electron chi connectivity index (χ4n) is 2.60. The van der Waals surface area contributed by atoms with Crippen molar-refractivity contribution >= 4 is 29.7 Å². The molecule has 29 heavy (non-hydrogen) atoms. The summed E-state index contributed by atoms with van der Waals surface area (Å²) in [5.74, 6) is -3.54. The van der Waals surface area contributed by atoms with Crippen molar-refractivity contribution in [2.24, 2.45) is 0 Å². The number of hydrogen-bond acceptors (Lipinski definition) is 9. The minimum absolute atomic E-state index is 0.0455. The van der Waals surface area contributed by atoms with Gasteiger partial charge in [0.2, 0.25) is 0 Å². The van der Waals surface area contributed by atoms with Crippen LogP contribution in [0.1, 0.15) is 70.9 Å². The molecule has 1 aromatic rings. The first kappa shape index (κ1) is 23.9. The molecule has 1 aromatic heterocycles. The topological polar surface area (TPSA) is 141 Å². The summed E-state index contributed by atoms with van der Waals surface area (Å²) >= 11 is 0. The van der Waals surface area contributed by atoms with E-state index in [1.807, 2.05) is 0 Å². The molecule has 0 spiro atoms. The van der Waals surface area contributed by atoms with Gasteiger partial charge in [-0.3, -0.25) is 4.79 Å². The monoisotopic (exact) mass is 410 g/mol. The third kappa shape index (κ3) is 6.16. The van der Waals surface area contributed by atoms with Crippen LogP contribution >= 0.6 is 0 Å². The lowest BCUT2D eigenvalue weighted by atomic mass is 9.97. The maximum absolute atomic E-state index is 12.6. The van der Waals surface area contributed by atoms with Crippen molar-refractivity contribution in [3.8, 4) is 0 Å². The molecule has 10 nitrogen and oxygen atoms in total. The number of esters is 3. The van der Waals surface area contributed by atoms with Crippen molar-refractivity contribution < 1.29 is 38.5 Å². The lowest BCUT2D eigenvalue weighted by Crippen LogP contribution is -2.24. The van der Waals surface area contributed by atoms with Gasteiger partial charge in [0.05, 0.1) is 31.8 Å². The molecule has 0 saturated heterocycles. The number of carbonyl (C=O) groups excluding carboxylic acids is 3. The largest absolute Gasteiger partial charge is 0.481 e. The number of aliphatic carboxylic acids is 1. The summed E-state index contributed by atoms with van der Waals surface area (Å²) < 4.78 is 15.1. The highest BCUT2D eigenvalue weighted by Gasteiger charge is 2.32. The van der Waals surface area contributed by atoms with Gasteiger partial charge in [0, 0.05) is 6.54 Å². The number of carboxylic acids is 1. The van der Waals surface area contributed by atoms with Gasteiger partial charge in [-0.2, -0.15) is 0 Å². The molecule has 0 fully saturated rings. The third-order valence-corrected chi connectivity index (χ3v) is 3.71. The number of hydrogen-bond donors (Lipinski definition) is 2. The second-order valence-electron chi connectivity index (χ2n) is 5.62. The minimum atomic E-state index is -1.06. The van der Waals surface area contributed by atoms with Gasteiger partial charge in [0.1, 0.15) is 11.4 Å². The summed E-state index contributed by atoms with van der Waals surface area (Å²) in [5.41, 5.74) is -0.318. The van der Waals surface area contributed by atoms with Crippen LogP contribution in [0.4, 0.5) is 5.82 Å². The standard InChI is InChI=1S/C19H26N2O8/c1-5-11-13(17(24)27-6-2)15(19(26)29-8-4)21-16(20-10-9-12(22)23)14(11)18(25)28-7-3/h5-10H2,1-4H3,(H,20,21)(H,22,23). The van der Waals surface area contributed by atoms with Crippen molar-refractivity contribution in [3.05, 3.63) is 22.4 Å². The van der Waals surface area contributed by atoms with E-state index >= 15 is 0 Å². The van der Waals surface area contributed by atoms with Crippen LogP contribution in [0.3, 0.4) is 0 Å². The number of anilines is 1. The van der Waals surface area contributed by atoms with Crippen molar-refractivity contribution in [3.63, 3.8) is 0 Å². The van der Waals surface area contributed by atoms with E-state index in [-0.39, 0.29) is 67.4 Å². The van der Waals surface area contributed by atoms with E-state index in [1.54, 1.807) is 27.7 Å². The number of aromatic nitrogens is 1. The summed E-state index contributed by atoms with van der Waals surface area (Å²) in [6.07, 6.45) is -0.0649. The fourth-order valence-corrected chi connectivity index (χ4v) is 2.60. The second-order valence-corrected chi connectivity index (χ2v) is 5.62. The van der Waals surface area contributed by atoms with Crippen LogP contribution in [0, 0.1) is 0 Å². The van der Waals surface area contributed by atoms with Crippen molar-refractivity contribution in [1.82, 2.24) is 4.98 Å². The van der Waals surface area contributed by atoms with E-state index < -0.39 is 23.9 Å². The molecule has 0 amide bonds. The van der Waals surface area contributed by atoms with Crippen molar-refractivity contribution in [1.29, 1.82) is 0 Å². The normalized spacial score (nSPS) is 10.2. The van der Waals surface area contributed by atoms with Crippen LogP contribution in [0.25, 0.3) is 0 Å². The van der Waals surface area contributed by atoms with E-state index in [0.717, 1.165) is 0 Å². The maximum Gasteiger partial charge on any atom is 0.357 e. The molecular weight excluding hydrogens is 384 g/mol. The molecule has 0 aliphatic rings. The number of pyridine rings is 1. The van der Waals surface area contributed by atoms with Crippen LogP contribution in [0.5, 0.6) is 0 Å². The first-order chi connectivity index (χ1) is 13.8. The Labute approximate surface area is 168 Å². The van der Waals surface area contributed by atoms with Gasteiger partial charge in [-0.15, -0.1) is 0 Å². The molecule has 0 radical (unpaired) electrons. The number of nitrogens with zero attached hydrogens (tertiary/aromatic N) is 1. The Bertz CT molecular complexity index is 776. The Kier molecular flexibility index (Phi) is 9.57. The Balaban J connectivity index is 3.73. The van der Waals surface area contributed by atoms with E-state index in [9.17, 15) is 19.2 Å². The van der Waals surface area contributed by atoms with Crippen LogP contribution in [-0.4, -0.2) is 60.3 Å². The Morgan fingerprint density at radius 3 is 1.86 bits per heavy atom. The zero-order valence-electron chi connectivity index (χ0n) is 17.0. The zero-order chi connectivity index (χ0) is 22.0. The van der Waals surface area contributed by atoms with Crippen LogP contribution in [0.2, 0.25) is 0 Å². The van der Waals surface area contributed by atoms with Crippen LogP contribution < -0.4 is 5.32 Å². The summed E-state index contributed by atoms with van der Waals surface area (Å²) in [6.45, 7) is 6.63. The lowest BCUT2D eigenvalue weighted by Gasteiger charge is -2.19. The molecule has 1 rings (SSSR count). The highest BCUT2D eigenvalue weighted by Crippen LogP contribution is 2.28. The van der Waals surface area contributed by atoms with E-state index in [1.165, 1.54) is 0 Å². The molecule has 0 bridgehead atoms. The smallest absolute Gasteiger partial charge is 0.357 e. The predicted octanol–water partition coefficient (Wildman–Crippen LogP) is 2.06. The zero-order valence-corrected chi connectivity index (χ0v) is 17.0. The van der Waals surface area contributed by atoms with E-state index in [2.05, 4.69) is 10.3 Å². The number of rotatable bonds is 11. The van der Waals surface area contributed by atoms with Crippen LogP contribution in [-0.2, 0) is 25.4 Å². The van der Waals surface area contributed by atoms with Gasteiger partial charge >= 0.3 is 23.9 Å². The highest BCUT2D eigenvalue weighted by molar-refractivity contribution is 6.07. The number of carbonyl (C=O) groups is 4. The number of nitrogens with one attached hydrogen (secondary N) is 1. The van der Waals surface area contributed by atoms with Gasteiger partial charge in [0.25, 0.3) is 0 Å². The minimum Gasteiger partial charge on any atom is -0.481 e. The first-order valence-corrected chi connectivity index (χ1v) is 9.35. The van der Waals surface area contributed by atoms with Crippen molar-refractivity contribution in [2.75, 3.05) is 31.7 Å². The van der Waals surface area contributed by atoms with E-state index in [4.69, 9.17) is 19.3 Å². The second kappa shape index (κ2) is 11.6. The summed E-state index contributed by atoms with van der Waals surface area (Å²) in [7, 11) is 0. The molecule has 0 saturated carbocycles. The highest BCUT2D eigenvalue weighted by atomic mass is 16.5. The van der Waals surface area contributed by atoms with Gasteiger partial charge in [-0.1, -0.05) is 6.92 Å². The SMILES string of the molecule is CCOC(=O)c1nc(NCCC(=O)O)c(C(=O)OCC)c(CC)c1C(=O)OCC. The Morgan fingerprint density at radius 1 is 0.862 bits per heavy atom. The van der Waals surface area contributed by atoms with Crippen LogP contribution in [0.15, 0.2) is 0 Å². The Morgan fingerprint density at radius 2 is 1.38 bits per heavy atom. The molecule has 0 aliphatic heterocycles. The number of carboxylic acid groups (broad SMARTS) is 1. The average molecular weight is 410 g/mol. The molecule has 2 N–H and O–H groups in total. The maximum atomic E-state index is 12.6. The van der Waals surface area contributed by atoms with Gasteiger partial charge in [0.15, 0.2) is 5.69 Å². The molecule has 10 heteroatoms. The summed E-state index contributed by atoms with van der Waals surface area (Å²) in [4.78, 5) is 52.6. The predicted molar refractivity (Wildman–Crippen MR) is 102 cm³/mol. The molecule has 0 aliphatic carbocycles. The van der Waals surface area contributed by atoms with Crippen molar-refractivity contribution in [2.45, 2.75) is 40.5 Å². The summed E-state index contributed by atoms with van der Waals surface area (Å²) in [5, 5.41) is 11.6. The molecule has 0 aromatic carbocycles. The Hall–Kier alpha value is -3.17.